The number of anilines is 1. The number of benzene rings is 1. The minimum absolute atomic E-state index is 0.359. The first-order valence-electron chi connectivity index (χ1n) is 7.56. The van der Waals surface area contributed by atoms with Crippen molar-refractivity contribution in [1.82, 2.24) is 10.3 Å². The van der Waals surface area contributed by atoms with E-state index >= 15 is 0 Å². The van der Waals surface area contributed by atoms with Gasteiger partial charge in [-0.1, -0.05) is 6.07 Å². The summed E-state index contributed by atoms with van der Waals surface area (Å²) >= 11 is 0. The van der Waals surface area contributed by atoms with Gasteiger partial charge in [0, 0.05) is 31.8 Å². The molecule has 128 valence electrons. The summed E-state index contributed by atoms with van der Waals surface area (Å²) in [6, 6.07) is 10.2. The highest BCUT2D eigenvalue weighted by Crippen LogP contribution is 2.17. The number of hydrogen-bond acceptors (Lipinski definition) is 7. The van der Waals surface area contributed by atoms with Crippen molar-refractivity contribution in [3.63, 3.8) is 0 Å². The molecule has 0 saturated heterocycles. The van der Waals surface area contributed by atoms with Crippen molar-refractivity contribution in [2.45, 2.75) is 13.0 Å². The second-order valence-corrected chi connectivity index (χ2v) is 5.15. The van der Waals surface area contributed by atoms with E-state index in [0.717, 1.165) is 0 Å². The van der Waals surface area contributed by atoms with Crippen molar-refractivity contribution < 1.29 is 19.4 Å². The van der Waals surface area contributed by atoms with Gasteiger partial charge in [0.05, 0.1) is 6.10 Å². The minimum Gasteiger partial charge on any atom is -0.492 e. The normalized spacial score (nSPS) is 11.8. The first-order chi connectivity index (χ1) is 11.5. The number of nitrogens with two attached hydrogens (primary N) is 1. The van der Waals surface area contributed by atoms with E-state index in [1.807, 2.05) is 0 Å². The monoisotopic (exact) mass is 331 g/mol. The van der Waals surface area contributed by atoms with E-state index in [4.69, 9.17) is 15.2 Å². The van der Waals surface area contributed by atoms with E-state index < -0.39 is 6.10 Å². The van der Waals surface area contributed by atoms with Gasteiger partial charge in [0.1, 0.15) is 23.9 Å². The van der Waals surface area contributed by atoms with Crippen molar-refractivity contribution in [1.29, 1.82) is 0 Å². The van der Waals surface area contributed by atoms with Crippen molar-refractivity contribution in [2.24, 2.45) is 0 Å². The van der Waals surface area contributed by atoms with Gasteiger partial charge in [-0.2, -0.15) is 0 Å². The zero-order valence-corrected chi connectivity index (χ0v) is 13.4. The fraction of sp³-hybridized carbons (Fsp3) is 0.294. The molecule has 0 amide bonds. The van der Waals surface area contributed by atoms with Crippen molar-refractivity contribution in [3.8, 4) is 11.5 Å². The van der Waals surface area contributed by atoms with Crippen molar-refractivity contribution in [2.75, 3.05) is 25.4 Å². The van der Waals surface area contributed by atoms with Gasteiger partial charge in [0.25, 0.3) is 0 Å². The Kier molecular flexibility index (Phi) is 6.53. The summed E-state index contributed by atoms with van der Waals surface area (Å²) in [7, 11) is 0. The van der Waals surface area contributed by atoms with E-state index in [1.54, 1.807) is 42.6 Å². The molecular weight excluding hydrogens is 310 g/mol. The average Bonchev–Trinajstić information content (AvgIpc) is 2.56. The smallest absolute Gasteiger partial charge is 0.308 e. The topological polar surface area (TPSA) is 107 Å². The number of esters is 1. The first kappa shape index (κ1) is 17.7. The molecule has 1 aromatic heterocycles. The number of pyridine rings is 1. The standard InChI is InChI=1S/C17H21N3O4/c1-12(21)24-15-5-3-14(4-6-15)23-9-8-19-11-16(22)13-2-7-17(18)20-10-13/h2-7,10,16,19,22H,8-9,11H2,1H3,(H2,18,20). The second-order valence-electron chi connectivity index (χ2n) is 5.15. The van der Waals surface area contributed by atoms with Gasteiger partial charge in [0.15, 0.2) is 0 Å². The summed E-state index contributed by atoms with van der Waals surface area (Å²) in [5, 5.41) is 13.1. The molecule has 1 atom stereocenters. The largest absolute Gasteiger partial charge is 0.492 e. The molecular formula is C17H21N3O4. The third kappa shape index (κ3) is 5.86. The summed E-state index contributed by atoms with van der Waals surface area (Å²) in [6.45, 7) is 2.76. The molecule has 0 bridgehead atoms. The molecule has 0 fully saturated rings. The molecule has 0 radical (unpaired) electrons. The first-order valence-corrected chi connectivity index (χ1v) is 7.56. The fourth-order valence-corrected chi connectivity index (χ4v) is 1.98. The molecule has 7 nitrogen and oxygen atoms in total. The van der Waals surface area contributed by atoms with Crippen LogP contribution in [0, 0.1) is 0 Å². The molecule has 1 aromatic carbocycles. The molecule has 1 unspecified atom stereocenters. The lowest BCUT2D eigenvalue weighted by molar-refractivity contribution is -0.131. The number of rotatable bonds is 8. The van der Waals surface area contributed by atoms with Crippen LogP contribution in [-0.2, 0) is 4.79 Å². The predicted octanol–water partition coefficient (Wildman–Crippen LogP) is 1.29. The molecule has 4 N–H and O–H groups in total. The number of nitrogens with zero attached hydrogens (tertiary/aromatic N) is 1. The molecule has 0 spiro atoms. The molecule has 2 aromatic rings. The van der Waals surface area contributed by atoms with Crippen LogP contribution < -0.4 is 20.5 Å². The number of nitrogen functional groups attached to an aromatic ring is 1. The Morgan fingerprint density at radius 2 is 1.96 bits per heavy atom. The van der Waals surface area contributed by atoms with E-state index in [1.165, 1.54) is 6.92 Å². The van der Waals surface area contributed by atoms with E-state index in [0.29, 0.717) is 42.6 Å². The van der Waals surface area contributed by atoms with E-state index in [9.17, 15) is 9.90 Å². The predicted molar refractivity (Wildman–Crippen MR) is 89.7 cm³/mol. The Balaban J connectivity index is 1.65. The summed E-state index contributed by atoms with van der Waals surface area (Å²) in [5.41, 5.74) is 6.21. The minimum atomic E-state index is -0.652. The molecule has 24 heavy (non-hydrogen) atoms. The lowest BCUT2D eigenvalue weighted by atomic mass is 10.1. The van der Waals surface area contributed by atoms with Crippen LogP contribution in [0.3, 0.4) is 0 Å². The maximum absolute atomic E-state index is 10.8. The molecule has 1 heterocycles. The van der Waals surface area contributed by atoms with Gasteiger partial charge in [-0.25, -0.2) is 4.98 Å². The Hall–Kier alpha value is -2.64. The maximum Gasteiger partial charge on any atom is 0.308 e. The number of ether oxygens (including phenoxy) is 2. The van der Waals surface area contributed by atoms with Gasteiger partial charge in [-0.05, 0) is 30.3 Å². The van der Waals surface area contributed by atoms with Crippen LogP contribution in [0.15, 0.2) is 42.6 Å². The third-order valence-electron chi connectivity index (χ3n) is 3.16. The van der Waals surface area contributed by atoms with Gasteiger partial charge >= 0.3 is 5.97 Å². The van der Waals surface area contributed by atoms with Gasteiger partial charge in [-0.3, -0.25) is 4.79 Å². The number of aromatic nitrogens is 1. The highest BCUT2D eigenvalue weighted by Gasteiger charge is 2.07. The highest BCUT2D eigenvalue weighted by atomic mass is 16.5. The molecule has 0 aliphatic heterocycles. The Morgan fingerprint density at radius 3 is 2.58 bits per heavy atom. The summed E-state index contributed by atoms with van der Waals surface area (Å²) in [4.78, 5) is 14.8. The van der Waals surface area contributed by atoms with Crippen molar-refractivity contribution >= 4 is 11.8 Å². The fourth-order valence-electron chi connectivity index (χ4n) is 1.98. The summed E-state index contributed by atoms with van der Waals surface area (Å²) in [5.74, 6) is 1.22. The van der Waals surface area contributed by atoms with Crippen LogP contribution in [0.4, 0.5) is 5.82 Å². The molecule has 0 saturated carbocycles. The Bertz CT molecular complexity index is 644. The van der Waals surface area contributed by atoms with Crippen LogP contribution in [0.25, 0.3) is 0 Å². The zero-order valence-electron chi connectivity index (χ0n) is 13.4. The van der Waals surface area contributed by atoms with E-state index in [2.05, 4.69) is 10.3 Å². The lowest BCUT2D eigenvalue weighted by Crippen LogP contribution is -2.26. The van der Waals surface area contributed by atoms with E-state index in [-0.39, 0.29) is 5.97 Å². The molecule has 2 rings (SSSR count). The number of nitrogens with one attached hydrogen (secondary N) is 1. The number of carbonyl (C=O) groups is 1. The lowest BCUT2D eigenvalue weighted by Gasteiger charge is -2.12. The Morgan fingerprint density at radius 1 is 1.25 bits per heavy atom. The van der Waals surface area contributed by atoms with Gasteiger partial charge in [0.2, 0.25) is 0 Å². The quantitative estimate of drug-likeness (QED) is 0.380. The van der Waals surface area contributed by atoms with Gasteiger partial charge < -0.3 is 25.6 Å². The zero-order chi connectivity index (χ0) is 17.4. The van der Waals surface area contributed by atoms with Crippen LogP contribution >= 0.6 is 0 Å². The highest BCUT2D eigenvalue weighted by molar-refractivity contribution is 5.69. The number of aliphatic hydroxyl groups excluding tert-OH is 1. The number of aliphatic hydroxyl groups is 1. The Labute approximate surface area is 140 Å². The number of carbonyl (C=O) groups excluding carboxylic acids is 1. The van der Waals surface area contributed by atoms with Crippen LogP contribution in [0.2, 0.25) is 0 Å². The average molecular weight is 331 g/mol. The van der Waals surface area contributed by atoms with Crippen LogP contribution in [-0.4, -0.2) is 35.8 Å². The molecule has 0 aliphatic rings. The third-order valence-corrected chi connectivity index (χ3v) is 3.16. The maximum atomic E-state index is 10.8. The summed E-state index contributed by atoms with van der Waals surface area (Å²) in [6.07, 6.45) is 0.907. The number of hydrogen-bond donors (Lipinski definition) is 3. The SMILES string of the molecule is CC(=O)Oc1ccc(OCCNCC(O)c2ccc(N)nc2)cc1. The second kappa shape index (κ2) is 8.85. The van der Waals surface area contributed by atoms with Crippen LogP contribution in [0.5, 0.6) is 11.5 Å². The molecule has 7 heteroatoms. The molecule has 0 aliphatic carbocycles. The van der Waals surface area contributed by atoms with Crippen molar-refractivity contribution in [3.05, 3.63) is 48.2 Å². The van der Waals surface area contributed by atoms with Gasteiger partial charge in [-0.15, -0.1) is 0 Å². The van der Waals surface area contributed by atoms with Crippen LogP contribution in [0.1, 0.15) is 18.6 Å². The summed E-state index contributed by atoms with van der Waals surface area (Å²) < 4.78 is 10.5.